The van der Waals surface area contributed by atoms with E-state index in [1.807, 2.05) is 29.8 Å². The third kappa shape index (κ3) is 5.53. The van der Waals surface area contributed by atoms with Gasteiger partial charge in [-0.3, -0.25) is 14.7 Å². The highest BCUT2D eigenvalue weighted by molar-refractivity contribution is 6.05. The molecule has 7 heteroatoms. The standard InChI is InChI=1S/C30H37N5O2/c1-20(2)23-5-11-27(12-6-23)35-22(4)28(19-32-35)30(36)33-25-17-21(3)29(31-18-25)24-7-9-26(10-8-24)34-13-15-37-16-14-34/h5-7,11-12,17-20,26H,8-10,13-16H2,1-4H3,(H,33,36). The van der Waals surface area contributed by atoms with E-state index in [9.17, 15) is 4.79 Å². The fourth-order valence-electron chi connectivity index (χ4n) is 5.38. The van der Waals surface area contributed by atoms with E-state index in [0.29, 0.717) is 23.2 Å². The van der Waals surface area contributed by atoms with E-state index >= 15 is 0 Å². The molecule has 5 rings (SSSR count). The number of benzene rings is 1. The van der Waals surface area contributed by atoms with Gasteiger partial charge in [-0.2, -0.15) is 5.10 Å². The highest BCUT2D eigenvalue weighted by Crippen LogP contribution is 2.31. The summed E-state index contributed by atoms with van der Waals surface area (Å²) in [6.07, 6.45) is 8.97. The fourth-order valence-corrected chi connectivity index (χ4v) is 5.38. The van der Waals surface area contributed by atoms with E-state index in [4.69, 9.17) is 9.72 Å². The lowest BCUT2D eigenvalue weighted by molar-refractivity contribution is 0.0150. The van der Waals surface area contributed by atoms with Crippen LogP contribution in [0.15, 0.2) is 48.8 Å². The second-order valence-corrected chi connectivity index (χ2v) is 10.5. The van der Waals surface area contributed by atoms with Crippen LogP contribution in [-0.2, 0) is 4.74 Å². The van der Waals surface area contributed by atoms with Crippen LogP contribution in [0.5, 0.6) is 0 Å². The quantitative estimate of drug-likeness (QED) is 0.483. The van der Waals surface area contributed by atoms with Gasteiger partial charge in [0.15, 0.2) is 0 Å². The van der Waals surface area contributed by atoms with Gasteiger partial charge in [0.1, 0.15) is 0 Å². The number of amides is 1. The molecule has 1 aliphatic carbocycles. The minimum Gasteiger partial charge on any atom is -0.379 e. The third-order valence-corrected chi connectivity index (χ3v) is 7.64. The number of carbonyl (C=O) groups excluding carboxylic acids is 1. The van der Waals surface area contributed by atoms with Crippen LogP contribution in [0.4, 0.5) is 5.69 Å². The average Bonchev–Trinajstić information content (AvgIpc) is 3.31. The molecule has 3 aromatic rings. The van der Waals surface area contributed by atoms with Gasteiger partial charge in [-0.05, 0) is 73.9 Å². The van der Waals surface area contributed by atoms with Crippen molar-refractivity contribution in [1.29, 1.82) is 0 Å². The van der Waals surface area contributed by atoms with E-state index in [-0.39, 0.29) is 5.91 Å². The molecule has 1 atom stereocenters. The van der Waals surface area contributed by atoms with Crippen LogP contribution in [0.1, 0.15) is 71.9 Å². The molecule has 1 amide bonds. The number of allylic oxidation sites excluding steroid dienone is 1. The summed E-state index contributed by atoms with van der Waals surface area (Å²) >= 11 is 0. The van der Waals surface area contributed by atoms with E-state index in [2.05, 4.69) is 54.3 Å². The summed E-state index contributed by atoms with van der Waals surface area (Å²) in [4.78, 5) is 20.4. The SMILES string of the molecule is Cc1cc(NC(=O)c2cnn(-c3ccc(C(C)C)cc3)c2C)cnc1C1=CCC(N2CCOCC2)CC1. The number of hydrogen-bond donors (Lipinski definition) is 1. The Morgan fingerprint density at radius 2 is 1.86 bits per heavy atom. The smallest absolute Gasteiger partial charge is 0.259 e. The molecule has 3 heterocycles. The first-order valence-corrected chi connectivity index (χ1v) is 13.3. The van der Waals surface area contributed by atoms with E-state index < -0.39 is 0 Å². The molecule has 1 fully saturated rings. The summed E-state index contributed by atoms with van der Waals surface area (Å²) in [6, 6.07) is 10.9. The molecule has 2 aromatic heterocycles. The lowest BCUT2D eigenvalue weighted by Gasteiger charge is -2.36. The lowest BCUT2D eigenvalue weighted by Crippen LogP contribution is -2.43. The van der Waals surface area contributed by atoms with Crippen LogP contribution in [-0.4, -0.2) is 57.9 Å². The van der Waals surface area contributed by atoms with Crippen LogP contribution in [0, 0.1) is 13.8 Å². The normalized spacial score (nSPS) is 18.6. The largest absolute Gasteiger partial charge is 0.379 e. The van der Waals surface area contributed by atoms with Crippen molar-refractivity contribution in [2.24, 2.45) is 0 Å². The summed E-state index contributed by atoms with van der Waals surface area (Å²) in [7, 11) is 0. The zero-order valence-electron chi connectivity index (χ0n) is 22.3. The van der Waals surface area contributed by atoms with Crippen LogP contribution in [0.25, 0.3) is 11.3 Å². The summed E-state index contributed by atoms with van der Waals surface area (Å²) in [5.41, 5.74) is 7.69. The van der Waals surface area contributed by atoms with Gasteiger partial charge in [-0.1, -0.05) is 32.1 Å². The van der Waals surface area contributed by atoms with Crippen molar-refractivity contribution in [3.63, 3.8) is 0 Å². The Morgan fingerprint density at radius 3 is 2.51 bits per heavy atom. The molecule has 7 nitrogen and oxygen atoms in total. The molecule has 0 spiro atoms. The second-order valence-electron chi connectivity index (χ2n) is 10.5. The second kappa shape index (κ2) is 11.0. The summed E-state index contributed by atoms with van der Waals surface area (Å²) in [5.74, 6) is 0.292. The Balaban J connectivity index is 1.25. The maximum absolute atomic E-state index is 13.1. The Morgan fingerprint density at radius 1 is 1.11 bits per heavy atom. The molecule has 1 saturated heterocycles. The first-order chi connectivity index (χ1) is 17.9. The third-order valence-electron chi connectivity index (χ3n) is 7.64. The lowest BCUT2D eigenvalue weighted by atomic mass is 9.90. The van der Waals surface area contributed by atoms with Gasteiger partial charge < -0.3 is 10.1 Å². The predicted octanol–water partition coefficient (Wildman–Crippen LogP) is 5.53. The Hall–Kier alpha value is -3.29. The number of anilines is 1. The molecule has 0 radical (unpaired) electrons. The summed E-state index contributed by atoms with van der Waals surface area (Å²) in [5, 5.41) is 7.49. The van der Waals surface area contributed by atoms with Crippen LogP contribution in [0.2, 0.25) is 0 Å². The Kier molecular flexibility index (Phi) is 7.53. The minimum atomic E-state index is -0.179. The first-order valence-electron chi connectivity index (χ1n) is 13.3. The fraction of sp³-hybridized carbons (Fsp3) is 0.433. The van der Waals surface area contributed by atoms with Gasteiger partial charge in [0.05, 0.1) is 53.9 Å². The monoisotopic (exact) mass is 499 g/mol. The van der Waals surface area contributed by atoms with Crippen molar-refractivity contribution in [3.8, 4) is 5.69 Å². The van der Waals surface area contributed by atoms with Crippen molar-refractivity contribution in [1.82, 2.24) is 19.7 Å². The molecule has 1 N–H and O–H groups in total. The van der Waals surface area contributed by atoms with Gasteiger partial charge in [-0.25, -0.2) is 4.68 Å². The van der Waals surface area contributed by atoms with Gasteiger partial charge >= 0.3 is 0 Å². The number of ether oxygens (including phenoxy) is 1. The first kappa shape index (κ1) is 25.4. The van der Waals surface area contributed by atoms with Crippen LogP contribution < -0.4 is 5.32 Å². The molecule has 2 aliphatic rings. The van der Waals surface area contributed by atoms with Crippen LogP contribution in [0.3, 0.4) is 0 Å². The van der Waals surface area contributed by atoms with Gasteiger partial charge in [-0.15, -0.1) is 0 Å². The van der Waals surface area contributed by atoms with E-state index in [1.165, 1.54) is 11.1 Å². The molecule has 0 bridgehead atoms. The van der Waals surface area contributed by atoms with Gasteiger partial charge in [0, 0.05) is 19.1 Å². The highest BCUT2D eigenvalue weighted by Gasteiger charge is 2.24. The average molecular weight is 500 g/mol. The zero-order valence-corrected chi connectivity index (χ0v) is 22.3. The maximum atomic E-state index is 13.1. The zero-order chi connectivity index (χ0) is 25.9. The number of aryl methyl sites for hydroxylation is 1. The highest BCUT2D eigenvalue weighted by atomic mass is 16.5. The molecule has 1 aliphatic heterocycles. The van der Waals surface area contributed by atoms with Gasteiger partial charge in [0.25, 0.3) is 5.91 Å². The van der Waals surface area contributed by atoms with Crippen molar-refractivity contribution >= 4 is 17.2 Å². The van der Waals surface area contributed by atoms with Crippen molar-refractivity contribution < 1.29 is 9.53 Å². The number of hydrogen-bond acceptors (Lipinski definition) is 5. The molecular weight excluding hydrogens is 462 g/mol. The number of nitrogens with zero attached hydrogens (tertiary/aromatic N) is 4. The molecule has 1 aromatic carbocycles. The topological polar surface area (TPSA) is 72.3 Å². The molecule has 194 valence electrons. The molecule has 37 heavy (non-hydrogen) atoms. The summed E-state index contributed by atoms with van der Waals surface area (Å²) in [6.45, 7) is 12.1. The van der Waals surface area contributed by atoms with Crippen LogP contribution >= 0.6 is 0 Å². The number of rotatable bonds is 6. The van der Waals surface area contributed by atoms with Gasteiger partial charge in [0.2, 0.25) is 0 Å². The number of nitrogens with one attached hydrogen (secondary N) is 1. The van der Waals surface area contributed by atoms with Crippen molar-refractivity contribution in [3.05, 3.63) is 76.9 Å². The minimum absolute atomic E-state index is 0.179. The van der Waals surface area contributed by atoms with E-state index in [1.54, 1.807) is 12.4 Å². The maximum Gasteiger partial charge on any atom is 0.259 e. The predicted molar refractivity (Wildman–Crippen MR) is 147 cm³/mol. The Labute approximate surface area is 219 Å². The number of pyridine rings is 1. The molecule has 0 saturated carbocycles. The summed E-state index contributed by atoms with van der Waals surface area (Å²) < 4.78 is 7.31. The molecule has 1 unspecified atom stereocenters. The Bertz CT molecular complexity index is 1290. The van der Waals surface area contributed by atoms with Crippen molar-refractivity contribution in [2.75, 3.05) is 31.6 Å². The number of aromatic nitrogens is 3. The molecular formula is C30H37N5O2. The van der Waals surface area contributed by atoms with Crippen molar-refractivity contribution in [2.45, 2.75) is 58.9 Å². The number of carbonyl (C=O) groups is 1. The van der Waals surface area contributed by atoms with E-state index in [0.717, 1.165) is 68.2 Å². The number of morpholine rings is 1.